The third-order valence-electron chi connectivity index (χ3n) is 2.91. The van der Waals surface area contributed by atoms with E-state index in [1.165, 1.54) is 30.3 Å². The zero-order chi connectivity index (χ0) is 15.5. The van der Waals surface area contributed by atoms with Gasteiger partial charge >= 0.3 is 6.18 Å². The van der Waals surface area contributed by atoms with Crippen LogP contribution in [0.2, 0.25) is 0 Å². The molecule has 21 heavy (non-hydrogen) atoms. The molecule has 6 heteroatoms. The van der Waals surface area contributed by atoms with E-state index in [1.54, 1.807) is 12.1 Å². The SMILES string of the molecule is NCC(=O)Nc1ccccc1-c1ccccc1C(F)(F)F. The molecule has 0 aromatic heterocycles. The second-order valence-corrected chi connectivity index (χ2v) is 4.34. The maximum absolute atomic E-state index is 13.1. The number of alkyl halides is 3. The number of anilines is 1. The molecule has 2 aromatic rings. The van der Waals surface area contributed by atoms with Crippen molar-refractivity contribution in [3.8, 4) is 11.1 Å². The standard InChI is InChI=1S/C15H13F3N2O/c16-15(17,18)12-7-3-1-5-10(12)11-6-2-4-8-13(11)20-14(21)9-19/h1-8H,9,19H2,(H,20,21). The van der Waals surface area contributed by atoms with Gasteiger partial charge in [0, 0.05) is 11.3 Å². The Morgan fingerprint density at radius 1 is 1.00 bits per heavy atom. The number of nitrogens with two attached hydrogens (primary N) is 1. The molecule has 0 aliphatic rings. The number of carbonyl (C=O) groups excluding carboxylic acids is 1. The highest BCUT2D eigenvalue weighted by atomic mass is 19.4. The van der Waals surface area contributed by atoms with Crippen LogP contribution in [0.25, 0.3) is 11.1 Å². The minimum atomic E-state index is -4.47. The molecule has 2 aromatic carbocycles. The van der Waals surface area contributed by atoms with Crippen molar-refractivity contribution in [1.82, 2.24) is 0 Å². The average Bonchev–Trinajstić information content (AvgIpc) is 2.47. The van der Waals surface area contributed by atoms with Crippen molar-refractivity contribution in [1.29, 1.82) is 0 Å². The van der Waals surface area contributed by atoms with Crippen LogP contribution >= 0.6 is 0 Å². The maximum Gasteiger partial charge on any atom is 0.417 e. The number of carbonyl (C=O) groups is 1. The smallest absolute Gasteiger partial charge is 0.324 e. The van der Waals surface area contributed by atoms with Crippen LogP contribution in [0.3, 0.4) is 0 Å². The van der Waals surface area contributed by atoms with Crippen LogP contribution in [0.4, 0.5) is 18.9 Å². The molecule has 0 atom stereocenters. The van der Waals surface area contributed by atoms with Gasteiger partial charge in [-0.15, -0.1) is 0 Å². The first kappa shape index (κ1) is 15.1. The molecule has 3 N–H and O–H groups in total. The van der Waals surface area contributed by atoms with E-state index in [2.05, 4.69) is 5.32 Å². The van der Waals surface area contributed by atoms with Gasteiger partial charge in [-0.25, -0.2) is 0 Å². The molecule has 0 aliphatic heterocycles. The van der Waals surface area contributed by atoms with Crippen molar-refractivity contribution in [2.75, 3.05) is 11.9 Å². The molecule has 0 aliphatic carbocycles. The first-order chi connectivity index (χ1) is 9.93. The van der Waals surface area contributed by atoms with Crippen molar-refractivity contribution in [2.24, 2.45) is 5.73 Å². The number of rotatable bonds is 3. The molecule has 0 bridgehead atoms. The van der Waals surface area contributed by atoms with Crippen LogP contribution in [-0.4, -0.2) is 12.5 Å². The van der Waals surface area contributed by atoms with Gasteiger partial charge in [0.05, 0.1) is 12.1 Å². The average molecular weight is 294 g/mol. The Morgan fingerprint density at radius 3 is 2.19 bits per heavy atom. The quantitative estimate of drug-likeness (QED) is 0.913. The van der Waals surface area contributed by atoms with Crippen molar-refractivity contribution < 1.29 is 18.0 Å². The molecule has 0 spiro atoms. The van der Waals surface area contributed by atoms with Crippen LogP contribution in [0.15, 0.2) is 48.5 Å². The fourth-order valence-electron chi connectivity index (χ4n) is 1.99. The van der Waals surface area contributed by atoms with E-state index in [4.69, 9.17) is 5.73 Å². The number of amides is 1. The summed E-state index contributed by atoms with van der Waals surface area (Å²) in [5.74, 6) is -0.466. The molecule has 0 saturated heterocycles. The predicted molar refractivity (Wildman–Crippen MR) is 74.6 cm³/mol. The third kappa shape index (κ3) is 3.41. The van der Waals surface area contributed by atoms with Gasteiger partial charge in [0.1, 0.15) is 0 Å². The van der Waals surface area contributed by atoms with E-state index in [9.17, 15) is 18.0 Å². The number of nitrogens with one attached hydrogen (secondary N) is 1. The number of hydrogen-bond acceptors (Lipinski definition) is 2. The Kier molecular flexibility index (Phi) is 4.28. The molecule has 2 rings (SSSR count). The number of para-hydroxylation sites is 1. The number of benzene rings is 2. The van der Waals surface area contributed by atoms with Crippen molar-refractivity contribution in [2.45, 2.75) is 6.18 Å². The van der Waals surface area contributed by atoms with E-state index < -0.39 is 17.6 Å². The molecule has 0 unspecified atom stereocenters. The lowest BCUT2D eigenvalue weighted by molar-refractivity contribution is -0.137. The summed E-state index contributed by atoms with van der Waals surface area (Å²) in [6.45, 7) is -0.241. The zero-order valence-electron chi connectivity index (χ0n) is 10.9. The number of hydrogen-bond donors (Lipinski definition) is 2. The van der Waals surface area contributed by atoms with Crippen molar-refractivity contribution in [3.05, 3.63) is 54.1 Å². The highest BCUT2D eigenvalue weighted by Gasteiger charge is 2.33. The van der Waals surface area contributed by atoms with E-state index in [0.29, 0.717) is 11.3 Å². The zero-order valence-corrected chi connectivity index (χ0v) is 10.9. The topological polar surface area (TPSA) is 55.1 Å². The Labute approximate surface area is 119 Å². The fraction of sp³-hybridized carbons (Fsp3) is 0.133. The lowest BCUT2D eigenvalue weighted by Crippen LogP contribution is -2.22. The van der Waals surface area contributed by atoms with Gasteiger partial charge in [-0.1, -0.05) is 36.4 Å². The second kappa shape index (κ2) is 5.97. The summed E-state index contributed by atoms with van der Waals surface area (Å²) in [4.78, 5) is 11.4. The van der Waals surface area contributed by atoms with Gasteiger partial charge in [0.2, 0.25) is 5.91 Å². The maximum atomic E-state index is 13.1. The molecule has 110 valence electrons. The van der Waals surface area contributed by atoms with E-state index in [0.717, 1.165) is 6.07 Å². The third-order valence-corrected chi connectivity index (χ3v) is 2.91. The van der Waals surface area contributed by atoms with Gasteiger partial charge in [-0.3, -0.25) is 4.79 Å². The first-order valence-corrected chi connectivity index (χ1v) is 6.19. The van der Waals surface area contributed by atoms with E-state index >= 15 is 0 Å². The summed E-state index contributed by atoms with van der Waals surface area (Å²) >= 11 is 0. The van der Waals surface area contributed by atoms with Gasteiger partial charge in [0.15, 0.2) is 0 Å². The van der Waals surface area contributed by atoms with Crippen LogP contribution in [-0.2, 0) is 11.0 Å². The Morgan fingerprint density at radius 2 is 1.57 bits per heavy atom. The van der Waals surface area contributed by atoms with Crippen LogP contribution in [0.1, 0.15) is 5.56 Å². The first-order valence-electron chi connectivity index (χ1n) is 6.19. The summed E-state index contributed by atoms with van der Waals surface area (Å²) in [5.41, 5.74) is 5.07. The highest BCUT2D eigenvalue weighted by molar-refractivity contribution is 5.96. The molecule has 3 nitrogen and oxygen atoms in total. The van der Waals surface area contributed by atoms with Crippen LogP contribution < -0.4 is 11.1 Å². The summed E-state index contributed by atoms with van der Waals surface area (Å²) in [6, 6.07) is 11.5. The predicted octanol–water partition coefficient (Wildman–Crippen LogP) is 3.27. The number of halogens is 3. The van der Waals surface area contributed by atoms with Crippen molar-refractivity contribution in [3.63, 3.8) is 0 Å². The highest BCUT2D eigenvalue weighted by Crippen LogP contribution is 2.39. The second-order valence-electron chi connectivity index (χ2n) is 4.34. The molecule has 0 saturated carbocycles. The summed E-state index contributed by atoms with van der Waals surface area (Å²) in [7, 11) is 0. The molecular formula is C15H13F3N2O. The van der Waals surface area contributed by atoms with Crippen LogP contribution in [0, 0.1) is 0 Å². The minimum absolute atomic E-state index is 0.0120. The molecular weight excluding hydrogens is 281 g/mol. The molecule has 1 amide bonds. The Balaban J connectivity index is 2.55. The van der Waals surface area contributed by atoms with Crippen LogP contribution in [0.5, 0.6) is 0 Å². The normalized spacial score (nSPS) is 11.2. The summed E-state index contributed by atoms with van der Waals surface area (Å²) < 4.78 is 39.3. The van der Waals surface area contributed by atoms with E-state index in [1.807, 2.05) is 0 Å². The fourth-order valence-corrected chi connectivity index (χ4v) is 1.99. The molecule has 0 heterocycles. The van der Waals surface area contributed by atoms with Gasteiger partial charge in [-0.05, 0) is 17.7 Å². The monoisotopic (exact) mass is 294 g/mol. The minimum Gasteiger partial charge on any atom is -0.324 e. The molecule has 0 fully saturated rings. The van der Waals surface area contributed by atoms with Gasteiger partial charge < -0.3 is 11.1 Å². The summed E-state index contributed by atoms with van der Waals surface area (Å²) in [6.07, 6.45) is -4.47. The Hall–Kier alpha value is -2.34. The van der Waals surface area contributed by atoms with E-state index in [-0.39, 0.29) is 12.1 Å². The molecule has 0 radical (unpaired) electrons. The lowest BCUT2D eigenvalue weighted by Gasteiger charge is -2.16. The van der Waals surface area contributed by atoms with Crippen molar-refractivity contribution >= 4 is 11.6 Å². The van der Waals surface area contributed by atoms with Gasteiger partial charge in [-0.2, -0.15) is 13.2 Å². The lowest BCUT2D eigenvalue weighted by atomic mass is 9.97. The Bertz CT molecular complexity index is 653. The summed E-state index contributed by atoms with van der Waals surface area (Å²) in [5, 5.41) is 2.51. The van der Waals surface area contributed by atoms with Gasteiger partial charge in [0.25, 0.3) is 0 Å². The largest absolute Gasteiger partial charge is 0.417 e.